The fourth-order valence-electron chi connectivity index (χ4n) is 1.87. The summed E-state index contributed by atoms with van der Waals surface area (Å²) < 4.78 is 1.97. The van der Waals surface area contributed by atoms with Crippen molar-refractivity contribution in [2.75, 3.05) is 6.54 Å². The Labute approximate surface area is 135 Å². The molecule has 0 radical (unpaired) electrons. The van der Waals surface area contributed by atoms with E-state index in [2.05, 4.69) is 35.4 Å². The fourth-order valence-corrected chi connectivity index (χ4v) is 3.15. The first kappa shape index (κ1) is 16.3. The van der Waals surface area contributed by atoms with Crippen LogP contribution in [0.15, 0.2) is 28.3 Å². The van der Waals surface area contributed by atoms with Gasteiger partial charge >= 0.3 is 0 Å². The Morgan fingerprint density at radius 3 is 2.71 bits per heavy atom. The van der Waals surface area contributed by atoms with Crippen LogP contribution in [0.3, 0.4) is 0 Å². The molecule has 2 aromatic rings. The normalized spacial score (nSPS) is 11.3. The van der Waals surface area contributed by atoms with Crippen LogP contribution in [0.5, 0.6) is 0 Å². The van der Waals surface area contributed by atoms with Gasteiger partial charge in [-0.05, 0) is 42.8 Å². The number of benzene rings is 1. The lowest BCUT2D eigenvalue weighted by Gasteiger charge is -2.12. The number of nitrogens with zero attached hydrogens (tertiary/aromatic N) is 3. The highest BCUT2D eigenvalue weighted by Gasteiger charge is 2.13. The lowest BCUT2D eigenvalue weighted by Crippen LogP contribution is -2.19. The van der Waals surface area contributed by atoms with Crippen LogP contribution in [0.25, 0.3) is 0 Å². The van der Waals surface area contributed by atoms with E-state index in [0.717, 1.165) is 34.0 Å². The second-order valence-electron chi connectivity index (χ2n) is 5.44. The zero-order valence-corrected chi connectivity index (χ0v) is 14.4. The van der Waals surface area contributed by atoms with Crippen molar-refractivity contribution in [1.82, 2.24) is 20.1 Å². The zero-order chi connectivity index (χ0) is 15.4. The smallest absolute Gasteiger partial charge is 0.195 e. The largest absolute Gasteiger partial charge is 0.312 e. The number of rotatable bonds is 6. The highest BCUT2D eigenvalue weighted by molar-refractivity contribution is 7.99. The van der Waals surface area contributed by atoms with Crippen molar-refractivity contribution in [3.8, 4) is 0 Å². The van der Waals surface area contributed by atoms with Gasteiger partial charge in [0, 0.05) is 18.5 Å². The molecule has 4 nitrogen and oxygen atoms in total. The molecule has 0 atom stereocenters. The van der Waals surface area contributed by atoms with Crippen LogP contribution in [-0.2, 0) is 13.6 Å². The van der Waals surface area contributed by atoms with Gasteiger partial charge in [-0.3, -0.25) is 0 Å². The minimum atomic E-state index is 0.627. The quantitative estimate of drug-likeness (QED) is 0.880. The van der Waals surface area contributed by atoms with Gasteiger partial charge in [-0.1, -0.05) is 37.6 Å². The predicted molar refractivity (Wildman–Crippen MR) is 87.9 cm³/mol. The SMILES string of the molecule is Cc1nnc(Sc2c(Cl)cccc2CNCC(C)C)n1C. The summed E-state index contributed by atoms with van der Waals surface area (Å²) in [5, 5.41) is 13.4. The molecule has 0 saturated carbocycles. The lowest BCUT2D eigenvalue weighted by atomic mass is 10.2. The summed E-state index contributed by atoms with van der Waals surface area (Å²) in [5.41, 5.74) is 1.19. The van der Waals surface area contributed by atoms with E-state index in [0.29, 0.717) is 5.92 Å². The first-order valence-electron chi connectivity index (χ1n) is 7.01. The van der Waals surface area contributed by atoms with E-state index in [4.69, 9.17) is 11.6 Å². The number of halogens is 1. The molecule has 21 heavy (non-hydrogen) atoms. The van der Waals surface area contributed by atoms with Crippen LogP contribution >= 0.6 is 23.4 Å². The summed E-state index contributed by atoms with van der Waals surface area (Å²) in [6, 6.07) is 6.00. The number of nitrogens with one attached hydrogen (secondary N) is 1. The van der Waals surface area contributed by atoms with Gasteiger partial charge in [0.25, 0.3) is 0 Å². The van der Waals surface area contributed by atoms with Gasteiger partial charge < -0.3 is 9.88 Å². The maximum Gasteiger partial charge on any atom is 0.195 e. The average molecular weight is 325 g/mol. The number of hydrogen-bond donors (Lipinski definition) is 1. The third kappa shape index (κ3) is 4.22. The Morgan fingerprint density at radius 1 is 1.33 bits per heavy atom. The van der Waals surface area contributed by atoms with Crippen LogP contribution in [-0.4, -0.2) is 21.3 Å². The van der Waals surface area contributed by atoms with Crippen molar-refractivity contribution in [3.05, 3.63) is 34.6 Å². The van der Waals surface area contributed by atoms with Crippen molar-refractivity contribution >= 4 is 23.4 Å². The third-order valence-corrected chi connectivity index (χ3v) is 4.81. The Balaban J connectivity index is 2.19. The van der Waals surface area contributed by atoms with Crippen LogP contribution in [0, 0.1) is 12.8 Å². The Morgan fingerprint density at radius 2 is 2.10 bits per heavy atom. The van der Waals surface area contributed by atoms with Gasteiger partial charge in [0.05, 0.1) is 5.02 Å². The Bertz CT molecular complexity index is 610. The van der Waals surface area contributed by atoms with E-state index in [9.17, 15) is 0 Å². The first-order valence-corrected chi connectivity index (χ1v) is 8.20. The molecule has 0 aliphatic carbocycles. The van der Waals surface area contributed by atoms with Crippen LogP contribution < -0.4 is 5.32 Å². The number of aryl methyl sites for hydroxylation is 1. The highest BCUT2D eigenvalue weighted by atomic mass is 35.5. The summed E-state index contributed by atoms with van der Waals surface area (Å²) in [7, 11) is 1.96. The molecule has 0 amide bonds. The molecule has 0 aliphatic heterocycles. The monoisotopic (exact) mass is 324 g/mol. The molecule has 0 aliphatic rings. The average Bonchev–Trinajstić information content (AvgIpc) is 2.74. The predicted octanol–water partition coefficient (Wildman–Crippen LogP) is 3.67. The molecular weight excluding hydrogens is 304 g/mol. The molecule has 2 rings (SSSR count). The second-order valence-corrected chi connectivity index (χ2v) is 6.83. The molecule has 1 aromatic heterocycles. The minimum Gasteiger partial charge on any atom is -0.312 e. The molecule has 1 heterocycles. The fraction of sp³-hybridized carbons (Fsp3) is 0.467. The van der Waals surface area contributed by atoms with Crippen molar-refractivity contribution < 1.29 is 0 Å². The van der Waals surface area contributed by atoms with Crippen LogP contribution in [0.4, 0.5) is 0 Å². The molecule has 0 fully saturated rings. The van der Waals surface area contributed by atoms with E-state index >= 15 is 0 Å². The lowest BCUT2D eigenvalue weighted by molar-refractivity contribution is 0.550. The van der Waals surface area contributed by atoms with E-state index in [-0.39, 0.29) is 0 Å². The third-order valence-electron chi connectivity index (χ3n) is 3.16. The van der Waals surface area contributed by atoms with Gasteiger partial charge in [-0.25, -0.2) is 0 Å². The molecule has 0 bridgehead atoms. The van der Waals surface area contributed by atoms with Gasteiger partial charge in [-0.15, -0.1) is 10.2 Å². The molecule has 0 unspecified atom stereocenters. The molecule has 0 saturated heterocycles. The molecule has 6 heteroatoms. The van der Waals surface area contributed by atoms with Crippen molar-refractivity contribution in [3.63, 3.8) is 0 Å². The van der Waals surface area contributed by atoms with Crippen LogP contribution in [0.2, 0.25) is 5.02 Å². The molecule has 1 N–H and O–H groups in total. The van der Waals surface area contributed by atoms with Gasteiger partial charge in [0.2, 0.25) is 0 Å². The summed E-state index contributed by atoms with van der Waals surface area (Å²) in [4.78, 5) is 1.05. The second kappa shape index (κ2) is 7.29. The maximum absolute atomic E-state index is 6.37. The summed E-state index contributed by atoms with van der Waals surface area (Å²) in [5.74, 6) is 1.52. The van der Waals surface area contributed by atoms with Gasteiger partial charge in [-0.2, -0.15) is 0 Å². The maximum atomic E-state index is 6.37. The molecular formula is C15H21ClN4S. The zero-order valence-electron chi connectivity index (χ0n) is 12.9. The van der Waals surface area contributed by atoms with Crippen LogP contribution in [0.1, 0.15) is 25.2 Å². The van der Waals surface area contributed by atoms with Crippen molar-refractivity contribution in [1.29, 1.82) is 0 Å². The van der Waals surface area contributed by atoms with Gasteiger partial charge in [0.15, 0.2) is 5.16 Å². The first-order chi connectivity index (χ1) is 9.99. The minimum absolute atomic E-state index is 0.627. The standard InChI is InChI=1S/C15H21ClN4S/c1-10(2)8-17-9-12-6-5-7-13(16)14(12)21-15-19-18-11(3)20(15)4/h5-7,10,17H,8-9H2,1-4H3. The summed E-state index contributed by atoms with van der Waals surface area (Å²) in [6.45, 7) is 8.12. The Kier molecular flexibility index (Phi) is 5.67. The topological polar surface area (TPSA) is 42.7 Å². The summed E-state index contributed by atoms with van der Waals surface area (Å²) in [6.07, 6.45) is 0. The molecule has 114 valence electrons. The Hall–Kier alpha value is -1.04. The van der Waals surface area contributed by atoms with E-state index < -0.39 is 0 Å². The van der Waals surface area contributed by atoms with Gasteiger partial charge in [0.1, 0.15) is 5.82 Å². The summed E-state index contributed by atoms with van der Waals surface area (Å²) >= 11 is 7.94. The van der Waals surface area contributed by atoms with Crippen molar-refractivity contribution in [2.45, 2.75) is 37.4 Å². The molecule has 0 spiro atoms. The van der Waals surface area contributed by atoms with Crippen molar-refractivity contribution in [2.24, 2.45) is 13.0 Å². The van der Waals surface area contributed by atoms with E-state index in [1.54, 1.807) is 11.8 Å². The molecule has 1 aromatic carbocycles. The van der Waals surface area contributed by atoms with E-state index in [1.807, 2.05) is 30.7 Å². The van der Waals surface area contributed by atoms with E-state index in [1.165, 1.54) is 5.56 Å². The number of aromatic nitrogens is 3. The number of hydrogen-bond acceptors (Lipinski definition) is 4. The highest BCUT2D eigenvalue weighted by Crippen LogP contribution is 2.35.